The van der Waals surface area contributed by atoms with Crippen LogP contribution < -0.4 is 10.6 Å². The lowest BCUT2D eigenvalue weighted by Gasteiger charge is -2.09. The number of aryl methyl sites for hydroxylation is 3. The Kier molecular flexibility index (Phi) is 4.75. The number of anilines is 3. The summed E-state index contributed by atoms with van der Waals surface area (Å²) in [6.45, 7) is 6.06. The van der Waals surface area contributed by atoms with E-state index in [1.165, 1.54) is 11.8 Å². The minimum absolute atomic E-state index is 0.272. The van der Waals surface area contributed by atoms with Crippen molar-refractivity contribution < 1.29 is 4.79 Å². The first kappa shape index (κ1) is 16.6. The lowest BCUT2D eigenvalue weighted by molar-refractivity contribution is 0.102. The van der Waals surface area contributed by atoms with Gasteiger partial charge in [0, 0.05) is 11.4 Å². The fraction of sp³-hybridized carbons (Fsp3) is 0.150. The Morgan fingerprint density at radius 1 is 0.880 bits per heavy atom. The highest BCUT2D eigenvalue weighted by atomic mass is 16.1. The van der Waals surface area contributed by atoms with Crippen molar-refractivity contribution in [3.05, 3.63) is 77.2 Å². The predicted molar refractivity (Wildman–Crippen MR) is 100 cm³/mol. The zero-order valence-electron chi connectivity index (χ0n) is 14.5. The Morgan fingerprint density at radius 2 is 1.68 bits per heavy atom. The van der Waals surface area contributed by atoms with E-state index in [2.05, 4.69) is 20.6 Å². The maximum absolute atomic E-state index is 12.3. The van der Waals surface area contributed by atoms with Crippen LogP contribution in [0, 0.1) is 20.8 Å². The van der Waals surface area contributed by atoms with Crippen LogP contribution in [0.25, 0.3) is 0 Å². The number of para-hydroxylation sites is 1. The van der Waals surface area contributed by atoms with Gasteiger partial charge in [-0.15, -0.1) is 0 Å². The lowest BCUT2D eigenvalue weighted by Crippen LogP contribution is -2.14. The number of hydrogen-bond donors (Lipinski definition) is 2. The van der Waals surface area contributed by atoms with Crippen LogP contribution in [-0.4, -0.2) is 15.9 Å². The highest BCUT2D eigenvalue weighted by molar-refractivity contribution is 6.02. The van der Waals surface area contributed by atoms with Crippen LogP contribution in [0.5, 0.6) is 0 Å². The van der Waals surface area contributed by atoms with Gasteiger partial charge in [0.05, 0.1) is 12.4 Å². The molecule has 0 spiro atoms. The highest BCUT2D eigenvalue weighted by Crippen LogP contribution is 2.18. The molecule has 0 radical (unpaired) electrons. The first-order valence-corrected chi connectivity index (χ1v) is 8.06. The molecule has 25 heavy (non-hydrogen) atoms. The van der Waals surface area contributed by atoms with Gasteiger partial charge in [0.25, 0.3) is 5.91 Å². The first-order chi connectivity index (χ1) is 12.0. The van der Waals surface area contributed by atoms with Crippen molar-refractivity contribution in [2.75, 3.05) is 10.6 Å². The van der Waals surface area contributed by atoms with Crippen LogP contribution in [0.2, 0.25) is 0 Å². The summed E-state index contributed by atoms with van der Waals surface area (Å²) in [5.74, 6) is 0.315. The summed E-state index contributed by atoms with van der Waals surface area (Å²) in [7, 11) is 0. The van der Waals surface area contributed by atoms with Gasteiger partial charge in [0.2, 0.25) is 0 Å². The maximum atomic E-state index is 12.3. The highest BCUT2D eigenvalue weighted by Gasteiger charge is 2.09. The standard InChI is InChI=1S/C20H20N4O/c1-13-8-9-16(10-15(13)3)23-20(25)18-11-22-19(12-21-18)24-17-7-5-4-6-14(17)2/h4-12H,1-3H3,(H,22,24)(H,23,25). The van der Waals surface area contributed by atoms with Crippen molar-refractivity contribution in [3.8, 4) is 0 Å². The van der Waals surface area contributed by atoms with Crippen LogP contribution in [0.15, 0.2) is 54.9 Å². The van der Waals surface area contributed by atoms with E-state index in [0.29, 0.717) is 5.82 Å². The number of hydrogen-bond acceptors (Lipinski definition) is 4. The summed E-state index contributed by atoms with van der Waals surface area (Å²) in [6, 6.07) is 13.7. The van der Waals surface area contributed by atoms with E-state index in [1.807, 2.05) is 63.2 Å². The van der Waals surface area contributed by atoms with Gasteiger partial charge in [-0.05, 0) is 55.7 Å². The molecule has 2 aromatic carbocycles. The average molecular weight is 332 g/mol. The summed E-state index contributed by atoms with van der Waals surface area (Å²) in [6.07, 6.45) is 3.03. The molecule has 2 N–H and O–H groups in total. The van der Waals surface area contributed by atoms with E-state index < -0.39 is 0 Å². The van der Waals surface area contributed by atoms with Gasteiger partial charge in [-0.1, -0.05) is 24.3 Å². The monoisotopic (exact) mass is 332 g/mol. The van der Waals surface area contributed by atoms with Gasteiger partial charge in [-0.2, -0.15) is 0 Å². The lowest BCUT2D eigenvalue weighted by atomic mass is 10.1. The second-order valence-corrected chi connectivity index (χ2v) is 5.98. The quantitative estimate of drug-likeness (QED) is 0.743. The number of carbonyl (C=O) groups excluding carboxylic acids is 1. The van der Waals surface area contributed by atoms with E-state index in [0.717, 1.165) is 22.5 Å². The van der Waals surface area contributed by atoms with E-state index >= 15 is 0 Å². The Bertz CT molecular complexity index is 904. The minimum Gasteiger partial charge on any atom is -0.339 e. The molecule has 1 heterocycles. The van der Waals surface area contributed by atoms with Gasteiger partial charge >= 0.3 is 0 Å². The normalized spacial score (nSPS) is 10.4. The van der Waals surface area contributed by atoms with Crippen molar-refractivity contribution >= 4 is 23.1 Å². The summed E-state index contributed by atoms with van der Waals surface area (Å²) < 4.78 is 0. The molecule has 0 saturated heterocycles. The van der Waals surface area contributed by atoms with E-state index in [9.17, 15) is 4.79 Å². The Hall–Kier alpha value is -3.21. The number of nitrogens with zero attached hydrogens (tertiary/aromatic N) is 2. The van der Waals surface area contributed by atoms with E-state index in [-0.39, 0.29) is 11.6 Å². The first-order valence-electron chi connectivity index (χ1n) is 8.06. The zero-order chi connectivity index (χ0) is 17.8. The van der Waals surface area contributed by atoms with Gasteiger partial charge in [0.15, 0.2) is 0 Å². The molecule has 0 aliphatic heterocycles. The number of nitrogens with one attached hydrogen (secondary N) is 2. The van der Waals surface area contributed by atoms with Crippen molar-refractivity contribution in [2.45, 2.75) is 20.8 Å². The molecule has 3 aromatic rings. The molecule has 0 saturated carbocycles. The minimum atomic E-state index is -0.279. The Labute approximate surface area is 147 Å². The molecule has 5 nitrogen and oxygen atoms in total. The molecule has 1 amide bonds. The number of benzene rings is 2. The number of rotatable bonds is 4. The number of carbonyl (C=O) groups is 1. The van der Waals surface area contributed by atoms with Crippen molar-refractivity contribution in [2.24, 2.45) is 0 Å². The molecule has 0 fully saturated rings. The second-order valence-electron chi connectivity index (χ2n) is 5.98. The van der Waals surface area contributed by atoms with E-state index in [1.54, 1.807) is 6.20 Å². The maximum Gasteiger partial charge on any atom is 0.275 e. The van der Waals surface area contributed by atoms with Crippen LogP contribution in [-0.2, 0) is 0 Å². The smallest absolute Gasteiger partial charge is 0.275 e. The van der Waals surface area contributed by atoms with Crippen molar-refractivity contribution in [3.63, 3.8) is 0 Å². The number of aromatic nitrogens is 2. The zero-order valence-corrected chi connectivity index (χ0v) is 14.5. The second kappa shape index (κ2) is 7.13. The summed E-state index contributed by atoms with van der Waals surface area (Å²) in [5.41, 5.74) is 5.40. The van der Waals surface area contributed by atoms with Gasteiger partial charge in [-0.25, -0.2) is 9.97 Å². The van der Waals surface area contributed by atoms with Gasteiger partial charge in [-0.3, -0.25) is 4.79 Å². The predicted octanol–water partition coefficient (Wildman–Crippen LogP) is 4.40. The molecule has 126 valence electrons. The third-order valence-electron chi connectivity index (χ3n) is 4.06. The van der Waals surface area contributed by atoms with Gasteiger partial charge in [0.1, 0.15) is 11.5 Å². The summed E-state index contributed by atoms with van der Waals surface area (Å²) >= 11 is 0. The van der Waals surface area contributed by atoms with Crippen LogP contribution >= 0.6 is 0 Å². The van der Waals surface area contributed by atoms with Crippen LogP contribution in [0.4, 0.5) is 17.2 Å². The molecule has 0 bridgehead atoms. The fourth-order valence-corrected chi connectivity index (χ4v) is 2.38. The molecule has 0 aliphatic carbocycles. The van der Waals surface area contributed by atoms with Crippen molar-refractivity contribution in [1.82, 2.24) is 9.97 Å². The van der Waals surface area contributed by atoms with Gasteiger partial charge < -0.3 is 10.6 Å². The molecule has 0 unspecified atom stereocenters. The van der Waals surface area contributed by atoms with Crippen LogP contribution in [0.3, 0.4) is 0 Å². The fourth-order valence-electron chi connectivity index (χ4n) is 2.38. The third kappa shape index (κ3) is 4.01. The molecule has 5 heteroatoms. The van der Waals surface area contributed by atoms with Crippen molar-refractivity contribution in [1.29, 1.82) is 0 Å². The molecule has 3 rings (SSSR count). The number of amides is 1. The van der Waals surface area contributed by atoms with E-state index in [4.69, 9.17) is 0 Å². The summed E-state index contributed by atoms with van der Waals surface area (Å²) in [5, 5.41) is 6.04. The molecular formula is C20H20N4O. The Balaban J connectivity index is 1.70. The SMILES string of the molecule is Cc1ccc(NC(=O)c2cnc(Nc3ccccc3C)cn2)cc1C. The topological polar surface area (TPSA) is 66.9 Å². The molecule has 0 aliphatic rings. The third-order valence-corrected chi connectivity index (χ3v) is 4.06. The van der Waals surface area contributed by atoms with Crippen LogP contribution in [0.1, 0.15) is 27.2 Å². The largest absolute Gasteiger partial charge is 0.339 e. The molecule has 0 atom stereocenters. The summed E-state index contributed by atoms with van der Waals surface area (Å²) in [4.78, 5) is 20.8. The Morgan fingerprint density at radius 3 is 2.36 bits per heavy atom. The molecular weight excluding hydrogens is 312 g/mol. The average Bonchev–Trinajstić information content (AvgIpc) is 2.61. The molecule has 1 aromatic heterocycles.